The molecule has 0 aromatic heterocycles. The molecule has 0 aliphatic carbocycles. The topological polar surface area (TPSA) is 34.1 Å². The maximum Gasteiger partial charge on any atom is 0.206 e. The molecule has 0 spiro atoms. The van der Waals surface area contributed by atoms with Crippen molar-refractivity contribution >= 4 is 9.84 Å². The third kappa shape index (κ3) is 5.64. The lowest BCUT2D eigenvalue weighted by Crippen LogP contribution is -2.04. The molecule has 0 aliphatic rings. The van der Waals surface area contributed by atoms with Crippen molar-refractivity contribution in [3.05, 3.63) is 72.1 Å². The summed E-state index contributed by atoms with van der Waals surface area (Å²) in [6.07, 6.45) is 10.1. The van der Waals surface area contributed by atoms with Gasteiger partial charge in [0, 0.05) is 0 Å². The summed E-state index contributed by atoms with van der Waals surface area (Å²) in [5.41, 5.74) is 0. The van der Waals surface area contributed by atoms with E-state index in [1.807, 2.05) is 13.8 Å². The zero-order chi connectivity index (χ0) is 14.6. The van der Waals surface area contributed by atoms with Gasteiger partial charge in [-0.15, -0.1) is 0 Å². The Hall–Kier alpha value is -1.61. The van der Waals surface area contributed by atoms with Gasteiger partial charge in [-0.3, -0.25) is 0 Å². The average molecular weight is 266 g/mol. The summed E-state index contributed by atoms with van der Waals surface area (Å²) in [6, 6.07) is 0. The maximum absolute atomic E-state index is 12.1. The molecule has 0 N–H and O–H groups in total. The van der Waals surface area contributed by atoms with Crippen molar-refractivity contribution in [2.75, 3.05) is 0 Å². The summed E-state index contributed by atoms with van der Waals surface area (Å²) in [5, 5.41) is 0. The highest BCUT2D eigenvalue weighted by Gasteiger charge is 2.17. The minimum Gasteiger partial charge on any atom is -0.219 e. The lowest BCUT2D eigenvalue weighted by molar-refractivity contribution is 0.609. The first kappa shape index (κ1) is 18.7. The highest BCUT2D eigenvalue weighted by molar-refractivity contribution is 7.99. The zero-order valence-electron chi connectivity index (χ0n) is 11.4. The van der Waals surface area contributed by atoms with Crippen molar-refractivity contribution in [2.24, 2.45) is 0 Å². The van der Waals surface area contributed by atoms with Crippen molar-refractivity contribution in [3.63, 3.8) is 0 Å². The second-order valence-corrected chi connectivity index (χ2v) is 4.77. The van der Waals surface area contributed by atoms with Crippen LogP contribution in [-0.2, 0) is 9.84 Å². The van der Waals surface area contributed by atoms with E-state index in [-0.39, 0.29) is 9.81 Å². The van der Waals surface area contributed by atoms with Crippen molar-refractivity contribution in [3.8, 4) is 0 Å². The fourth-order valence-electron chi connectivity index (χ4n) is 1.03. The minimum absolute atomic E-state index is 0.119. The molecule has 0 heterocycles. The van der Waals surface area contributed by atoms with Gasteiger partial charge in [-0.2, -0.15) is 0 Å². The van der Waals surface area contributed by atoms with Crippen LogP contribution in [0.4, 0.5) is 0 Å². The Morgan fingerprint density at radius 3 is 1.72 bits per heavy atom. The van der Waals surface area contributed by atoms with Crippen LogP contribution in [0.1, 0.15) is 20.8 Å². The van der Waals surface area contributed by atoms with E-state index in [1.165, 1.54) is 36.5 Å². The van der Waals surface area contributed by atoms with Crippen LogP contribution in [0.25, 0.3) is 0 Å². The smallest absolute Gasteiger partial charge is 0.206 e. The van der Waals surface area contributed by atoms with Gasteiger partial charge < -0.3 is 0 Å². The van der Waals surface area contributed by atoms with E-state index in [4.69, 9.17) is 0 Å². The molecule has 0 rings (SSSR count). The maximum atomic E-state index is 12.1. The van der Waals surface area contributed by atoms with Crippen LogP contribution in [0, 0.1) is 0 Å². The van der Waals surface area contributed by atoms with Crippen molar-refractivity contribution < 1.29 is 8.42 Å². The van der Waals surface area contributed by atoms with Gasteiger partial charge in [0.25, 0.3) is 0 Å². The monoisotopic (exact) mass is 266 g/mol. The molecule has 0 saturated heterocycles. The summed E-state index contributed by atoms with van der Waals surface area (Å²) < 4.78 is 24.2. The molecular formula is C15H22O2S. The van der Waals surface area contributed by atoms with Crippen LogP contribution in [0.15, 0.2) is 72.1 Å². The Balaban J connectivity index is 0. The second kappa shape index (κ2) is 10.5. The van der Waals surface area contributed by atoms with E-state index in [1.54, 1.807) is 13.0 Å². The number of hydrogen-bond donors (Lipinski definition) is 0. The van der Waals surface area contributed by atoms with E-state index in [0.29, 0.717) is 0 Å². The van der Waals surface area contributed by atoms with Crippen LogP contribution in [0.2, 0.25) is 0 Å². The summed E-state index contributed by atoms with van der Waals surface area (Å²) in [6.45, 7) is 16.2. The Kier molecular flexibility index (Phi) is 11.0. The number of rotatable bonds is 6. The number of sulfone groups is 1. The predicted molar refractivity (Wildman–Crippen MR) is 81.8 cm³/mol. The molecule has 100 valence electrons. The Labute approximate surface area is 111 Å². The molecule has 0 saturated carbocycles. The largest absolute Gasteiger partial charge is 0.219 e. The molecule has 0 bridgehead atoms. The first-order valence-corrected chi connectivity index (χ1v) is 7.18. The normalized spacial score (nSPS) is 12.6. The van der Waals surface area contributed by atoms with Crippen LogP contribution >= 0.6 is 0 Å². The molecule has 0 fully saturated rings. The Morgan fingerprint density at radius 2 is 1.39 bits per heavy atom. The summed E-state index contributed by atoms with van der Waals surface area (Å²) in [4.78, 5) is 0.298. The van der Waals surface area contributed by atoms with E-state index >= 15 is 0 Å². The standard InChI is InChI=1S/C13H16O2S.C2H6/c1-5-9-12(8-4)16(14,15)13(10-6-2)11-7-3;1-2/h5-11H,1-2,4H2,3H3;1-2H3/b11-7-,12-9+,13-10+;. The van der Waals surface area contributed by atoms with E-state index in [2.05, 4.69) is 19.7 Å². The lowest BCUT2D eigenvalue weighted by Gasteiger charge is -2.04. The fourth-order valence-corrected chi connectivity index (χ4v) is 2.39. The zero-order valence-corrected chi connectivity index (χ0v) is 12.2. The van der Waals surface area contributed by atoms with Gasteiger partial charge in [0.05, 0.1) is 9.81 Å². The van der Waals surface area contributed by atoms with Crippen LogP contribution in [0.3, 0.4) is 0 Å². The van der Waals surface area contributed by atoms with Gasteiger partial charge in [0.2, 0.25) is 9.84 Å². The minimum atomic E-state index is -3.52. The molecule has 0 aliphatic heterocycles. The van der Waals surface area contributed by atoms with Crippen LogP contribution in [-0.4, -0.2) is 8.42 Å². The molecular weight excluding hydrogens is 244 g/mol. The average Bonchev–Trinajstić information content (AvgIpc) is 2.37. The summed E-state index contributed by atoms with van der Waals surface area (Å²) in [5.74, 6) is 0. The van der Waals surface area contributed by atoms with Crippen molar-refractivity contribution in [2.45, 2.75) is 20.8 Å². The number of allylic oxidation sites excluding steroid dienone is 7. The quantitative estimate of drug-likeness (QED) is 0.671. The molecule has 2 nitrogen and oxygen atoms in total. The van der Waals surface area contributed by atoms with Crippen molar-refractivity contribution in [1.29, 1.82) is 0 Å². The van der Waals surface area contributed by atoms with Crippen molar-refractivity contribution in [1.82, 2.24) is 0 Å². The summed E-state index contributed by atoms with van der Waals surface area (Å²) >= 11 is 0. The molecule has 18 heavy (non-hydrogen) atoms. The van der Waals surface area contributed by atoms with E-state index < -0.39 is 9.84 Å². The lowest BCUT2D eigenvalue weighted by atomic mass is 10.4. The Bertz CT molecular complexity index is 461. The van der Waals surface area contributed by atoms with Gasteiger partial charge in [-0.05, 0) is 25.2 Å². The molecule has 0 atom stereocenters. The SMILES string of the molecule is C=C/C=C(\C=C)S(=O)(=O)C(/C=C\C)=C/C=C.CC. The van der Waals surface area contributed by atoms with Gasteiger partial charge >= 0.3 is 0 Å². The van der Waals surface area contributed by atoms with E-state index in [0.717, 1.165) is 0 Å². The van der Waals surface area contributed by atoms with Gasteiger partial charge in [0.1, 0.15) is 0 Å². The highest BCUT2D eigenvalue weighted by atomic mass is 32.2. The van der Waals surface area contributed by atoms with Gasteiger partial charge in [0.15, 0.2) is 0 Å². The molecule has 3 heteroatoms. The van der Waals surface area contributed by atoms with Gasteiger partial charge in [-0.25, -0.2) is 8.42 Å². The Morgan fingerprint density at radius 1 is 0.944 bits per heavy atom. The molecule has 0 amide bonds. The third-order valence-corrected chi connectivity index (χ3v) is 3.53. The van der Waals surface area contributed by atoms with Crippen LogP contribution < -0.4 is 0 Å². The highest BCUT2D eigenvalue weighted by Crippen LogP contribution is 2.19. The first-order chi connectivity index (χ1) is 8.54. The fraction of sp³-hybridized carbons (Fsp3) is 0.200. The predicted octanol–water partition coefficient (Wildman–Crippen LogP) is 4.33. The first-order valence-electron chi connectivity index (χ1n) is 5.70. The summed E-state index contributed by atoms with van der Waals surface area (Å²) in [7, 11) is -3.52. The molecule has 0 radical (unpaired) electrons. The number of hydrogen-bond acceptors (Lipinski definition) is 2. The van der Waals surface area contributed by atoms with Crippen LogP contribution in [0.5, 0.6) is 0 Å². The molecule has 0 aromatic carbocycles. The molecule has 0 aromatic rings. The van der Waals surface area contributed by atoms with E-state index in [9.17, 15) is 8.42 Å². The molecule has 0 unspecified atom stereocenters. The van der Waals surface area contributed by atoms with Gasteiger partial charge in [-0.1, -0.05) is 57.9 Å². The second-order valence-electron chi connectivity index (χ2n) is 2.82. The third-order valence-electron chi connectivity index (χ3n) is 1.72.